The lowest BCUT2D eigenvalue weighted by Gasteiger charge is -2.24. The molecule has 5 heteroatoms. The highest BCUT2D eigenvalue weighted by atomic mass is 79.9. The Morgan fingerprint density at radius 1 is 1.33 bits per heavy atom. The molecule has 0 saturated heterocycles. The van der Waals surface area contributed by atoms with Crippen LogP contribution in [0.25, 0.3) is 6.08 Å². The van der Waals surface area contributed by atoms with Gasteiger partial charge in [0, 0.05) is 15.9 Å². The quantitative estimate of drug-likeness (QED) is 0.545. The van der Waals surface area contributed by atoms with Gasteiger partial charge in [-0.1, -0.05) is 58.4 Å². The summed E-state index contributed by atoms with van der Waals surface area (Å²) in [7, 11) is 0. The van der Waals surface area contributed by atoms with E-state index in [0.29, 0.717) is 16.5 Å². The van der Waals surface area contributed by atoms with Gasteiger partial charge < -0.3 is 4.74 Å². The van der Waals surface area contributed by atoms with E-state index in [2.05, 4.69) is 20.7 Å². The molecule has 0 aromatic heterocycles. The van der Waals surface area contributed by atoms with Crippen LogP contribution >= 0.6 is 27.5 Å². The first-order valence-electron chi connectivity index (χ1n) is 7.11. The zero-order valence-corrected chi connectivity index (χ0v) is 14.0. The summed E-state index contributed by atoms with van der Waals surface area (Å²) in [5.74, 6) is 0.681. The molecule has 0 radical (unpaired) electrons. The van der Waals surface area contributed by atoms with Crippen molar-refractivity contribution >= 4 is 33.6 Å². The molecule has 2 rings (SSSR count). The Labute approximate surface area is 137 Å². The minimum atomic E-state index is -2.83. The SMILES string of the molecule is FC(F)Oc1ccc(Cl)cc1/C=C(/CBr)C1CCCCC1. The molecule has 0 unspecified atom stereocenters. The predicted octanol–water partition coefficient (Wildman–Crippen LogP) is 6.30. The predicted molar refractivity (Wildman–Crippen MR) is 86.4 cm³/mol. The van der Waals surface area contributed by atoms with Crippen LogP contribution in [0.15, 0.2) is 23.8 Å². The third-order valence-electron chi connectivity index (χ3n) is 3.81. The first-order chi connectivity index (χ1) is 10.1. The minimum Gasteiger partial charge on any atom is -0.434 e. The number of hydrogen-bond acceptors (Lipinski definition) is 1. The van der Waals surface area contributed by atoms with E-state index >= 15 is 0 Å². The van der Waals surface area contributed by atoms with Crippen LogP contribution in [0.4, 0.5) is 8.78 Å². The normalized spacial score (nSPS) is 17.3. The maximum Gasteiger partial charge on any atom is 0.387 e. The van der Waals surface area contributed by atoms with Gasteiger partial charge in [0.2, 0.25) is 0 Å². The van der Waals surface area contributed by atoms with Gasteiger partial charge >= 0.3 is 6.61 Å². The van der Waals surface area contributed by atoms with Gasteiger partial charge in [0.15, 0.2) is 0 Å². The molecule has 1 aliphatic rings. The van der Waals surface area contributed by atoms with Gasteiger partial charge in [-0.05, 0) is 37.0 Å². The highest BCUT2D eigenvalue weighted by Crippen LogP contribution is 2.34. The molecule has 0 aliphatic heterocycles. The standard InChI is InChI=1S/C16H18BrClF2O/c17-10-13(11-4-2-1-3-5-11)8-12-9-14(18)6-7-15(12)21-16(19)20/h6-9,11,16H,1-5,10H2/b13-8-. The third-order valence-corrected chi connectivity index (χ3v) is 4.70. The third kappa shape index (κ3) is 4.96. The van der Waals surface area contributed by atoms with E-state index in [9.17, 15) is 8.78 Å². The van der Waals surface area contributed by atoms with Crippen LogP contribution in [0, 0.1) is 5.92 Å². The van der Waals surface area contributed by atoms with E-state index in [1.807, 2.05) is 6.08 Å². The second kappa shape index (κ2) is 8.14. The molecule has 21 heavy (non-hydrogen) atoms. The molecule has 0 amide bonds. The highest BCUT2D eigenvalue weighted by molar-refractivity contribution is 9.09. The van der Waals surface area contributed by atoms with E-state index in [4.69, 9.17) is 11.6 Å². The summed E-state index contributed by atoms with van der Waals surface area (Å²) >= 11 is 9.49. The molecular weight excluding hydrogens is 362 g/mol. The van der Waals surface area contributed by atoms with Crippen molar-refractivity contribution < 1.29 is 13.5 Å². The number of ether oxygens (including phenoxy) is 1. The molecule has 1 aromatic rings. The van der Waals surface area contributed by atoms with Crippen molar-refractivity contribution in [1.82, 2.24) is 0 Å². The molecule has 1 nitrogen and oxygen atoms in total. The first-order valence-corrected chi connectivity index (χ1v) is 8.61. The van der Waals surface area contributed by atoms with Crippen molar-refractivity contribution in [1.29, 1.82) is 0 Å². The van der Waals surface area contributed by atoms with Crippen LogP contribution < -0.4 is 4.74 Å². The Morgan fingerprint density at radius 3 is 2.67 bits per heavy atom. The van der Waals surface area contributed by atoms with Crippen molar-refractivity contribution in [2.24, 2.45) is 5.92 Å². The van der Waals surface area contributed by atoms with E-state index in [0.717, 1.165) is 18.2 Å². The fourth-order valence-electron chi connectivity index (χ4n) is 2.77. The zero-order valence-electron chi connectivity index (χ0n) is 11.6. The maximum absolute atomic E-state index is 12.5. The second-order valence-electron chi connectivity index (χ2n) is 5.25. The number of hydrogen-bond donors (Lipinski definition) is 0. The molecule has 0 bridgehead atoms. The molecule has 0 atom stereocenters. The number of allylic oxidation sites excluding steroid dienone is 1. The van der Waals surface area contributed by atoms with Crippen molar-refractivity contribution in [3.05, 3.63) is 34.4 Å². The van der Waals surface area contributed by atoms with Crippen molar-refractivity contribution in [2.45, 2.75) is 38.7 Å². The number of rotatable bonds is 5. The summed E-state index contributed by atoms with van der Waals surface area (Å²) in [5.41, 5.74) is 1.83. The molecular formula is C16H18BrClF2O. The highest BCUT2D eigenvalue weighted by Gasteiger charge is 2.18. The fraction of sp³-hybridized carbons (Fsp3) is 0.500. The Bertz CT molecular complexity index is 499. The van der Waals surface area contributed by atoms with Crippen LogP contribution in [0.5, 0.6) is 5.75 Å². The summed E-state index contributed by atoms with van der Waals surface area (Å²) in [5, 5.41) is 1.25. The van der Waals surface area contributed by atoms with Crippen molar-refractivity contribution in [2.75, 3.05) is 5.33 Å². The summed E-state index contributed by atoms with van der Waals surface area (Å²) in [6, 6.07) is 4.73. The number of halogens is 4. The summed E-state index contributed by atoms with van der Waals surface area (Å²) in [6.07, 6.45) is 7.99. The molecule has 0 N–H and O–H groups in total. The summed E-state index contributed by atoms with van der Waals surface area (Å²) in [4.78, 5) is 0. The van der Waals surface area contributed by atoms with Crippen molar-refractivity contribution in [3.63, 3.8) is 0 Å². The topological polar surface area (TPSA) is 9.23 Å². The minimum absolute atomic E-state index is 0.170. The van der Waals surface area contributed by atoms with Gasteiger partial charge in [-0.25, -0.2) is 0 Å². The lowest BCUT2D eigenvalue weighted by atomic mass is 9.84. The van der Waals surface area contributed by atoms with E-state index in [-0.39, 0.29) is 5.75 Å². The van der Waals surface area contributed by atoms with Gasteiger partial charge in [0.25, 0.3) is 0 Å². The maximum atomic E-state index is 12.5. The molecule has 1 saturated carbocycles. The van der Waals surface area contributed by atoms with E-state index < -0.39 is 6.61 Å². The Hall–Kier alpha value is -0.610. The number of benzene rings is 1. The van der Waals surface area contributed by atoms with Crippen LogP contribution in [0.3, 0.4) is 0 Å². The van der Waals surface area contributed by atoms with Crippen LogP contribution in [-0.2, 0) is 0 Å². The molecule has 1 aromatic carbocycles. The summed E-state index contributed by atoms with van der Waals surface area (Å²) < 4.78 is 29.6. The lowest BCUT2D eigenvalue weighted by molar-refractivity contribution is -0.0499. The van der Waals surface area contributed by atoms with Crippen LogP contribution in [0.1, 0.15) is 37.7 Å². The molecule has 1 fully saturated rings. The van der Waals surface area contributed by atoms with Crippen LogP contribution in [0.2, 0.25) is 5.02 Å². The van der Waals surface area contributed by atoms with E-state index in [1.54, 1.807) is 12.1 Å². The monoisotopic (exact) mass is 378 g/mol. The van der Waals surface area contributed by atoms with Gasteiger partial charge in [-0.3, -0.25) is 0 Å². The van der Waals surface area contributed by atoms with Gasteiger partial charge in [-0.2, -0.15) is 8.78 Å². The van der Waals surface area contributed by atoms with Gasteiger partial charge in [-0.15, -0.1) is 0 Å². The average Bonchev–Trinajstić information content (AvgIpc) is 2.48. The Kier molecular flexibility index (Phi) is 6.49. The molecule has 0 heterocycles. The fourth-order valence-corrected chi connectivity index (χ4v) is 3.57. The lowest BCUT2D eigenvalue weighted by Crippen LogP contribution is -2.10. The smallest absolute Gasteiger partial charge is 0.387 e. The van der Waals surface area contributed by atoms with E-state index in [1.165, 1.54) is 30.9 Å². The average molecular weight is 380 g/mol. The Balaban J connectivity index is 2.29. The molecule has 0 spiro atoms. The second-order valence-corrected chi connectivity index (χ2v) is 6.25. The van der Waals surface area contributed by atoms with Gasteiger partial charge in [0.1, 0.15) is 5.75 Å². The first kappa shape index (κ1) is 16.8. The summed E-state index contributed by atoms with van der Waals surface area (Å²) in [6.45, 7) is -2.83. The van der Waals surface area contributed by atoms with Crippen LogP contribution in [-0.4, -0.2) is 11.9 Å². The van der Waals surface area contributed by atoms with Crippen molar-refractivity contribution in [3.8, 4) is 5.75 Å². The molecule has 116 valence electrons. The largest absolute Gasteiger partial charge is 0.434 e. The number of alkyl halides is 3. The van der Waals surface area contributed by atoms with Gasteiger partial charge in [0.05, 0.1) is 0 Å². The zero-order chi connectivity index (χ0) is 15.2. The Morgan fingerprint density at radius 2 is 2.05 bits per heavy atom. The molecule has 1 aliphatic carbocycles.